The van der Waals surface area contributed by atoms with Crippen molar-refractivity contribution in [2.24, 2.45) is 11.7 Å². The number of anilines is 2. The minimum absolute atomic E-state index is 0.0959. The minimum atomic E-state index is -0.862. The fraction of sp³-hybridized carbons (Fsp3) is 0.245. The largest absolute Gasteiger partial charge is 0.487 e. The topological polar surface area (TPSA) is 133 Å². The highest BCUT2D eigenvalue weighted by Crippen LogP contribution is 2.43. The van der Waals surface area contributed by atoms with Crippen molar-refractivity contribution in [3.8, 4) is 5.75 Å². The van der Waals surface area contributed by atoms with Crippen LogP contribution in [0.5, 0.6) is 5.75 Å². The Balaban J connectivity index is 0.780. The van der Waals surface area contributed by atoms with Gasteiger partial charge in [-0.3, -0.25) is 9.59 Å². The number of nitrogens with zero attached hydrogens (tertiary/aromatic N) is 1. The van der Waals surface area contributed by atoms with Gasteiger partial charge in [-0.25, -0.2) is 0 Å². The number of aromatic nitrogens is 1. The number of amides is 1. The molecule has 2 heterocycles. The van der Waals surface area contributed by atoms with Gasteiger partial charge in [0.25, 0.3) is 0 Å². The van der Waals surface area contributed by atoms with Crippen molar-refractivity contribution in [3.63, 3.8) is 0 Å². The molecule has 1 fully saturated rings. The third kappa shape index (κ3) is 9.82. The fourth-order valence-electron chi connectivity index (χ4n) is 9.07. The molecule has 0 saturated carbocycles. The first-order valence-electron chi connectivity index (χ1n) is 21.7. The number of aliphatic hydroxyl groups excluding tert-OH is 1. The molecule has 1 aliphatic rings. The van der Waals surface area contributed by atoms with Gasteiger partial charge in [0.2, 0.25) is 11.5 Å². The zero-order valence-corrected chi connectivity index (χ0v) is 35.0. The van der Waals surface area contributed by atoms with E-state index in [2.05, 4.69) is 69.0 Å². The molecule has 9 heteroatoms. The number of primary amides is 1. The van der Waals surface area contributed by atoms with Gasteiger partial charge >= 0.3 is 0 Å². The molecule has 2 unspecified atom stereocenters. The van der Waals surface area contributed by atoms with Crippen molar-refractivity contribution >= 4 is 28.2 Å². The molecule has 7 aromatic rings. The summed E-state index contributed by atoms with van der Waals surface area (Å²) in [7, 11) is 0. The number of hydrogen-bond acceptors (Lipinski definition) is 7. The van der Waals surface area contributed by atoms with E-state index in [9.17, 15) is 14.7 Å². The molecule has 8 rings (SSSR count). The molecule has 9 nitrogen and oxygen atoms in total. The number of fused-ring (bicyclic) bond motifs is 1. The van der Waals surface area contributed by atoms with Crippen LogP contribution in [0.25, 0.3) is 10.9 Å². The predicted octanol–water partition coefficient (Wildman–Crippen LogP) is 8.44. The first-order valence-corrected chi connectivity index (χ1v) is 21.7. The van der Waals surface area contributed by atoms with Crippen LogP contribution in [0.2, 0.25) is 0 Å². The van der Waals surface area contributed by atoms with Gasteiger partial charge in [0.1, 0.15) is 17.8 Å². The summed E-state index contributed by atoms with van der Waals surface area (Å²) in [4.78, 5) is 31.1. The van der Waals surface area contributed by atoms with Crippen LogP contribution >= 0.6 is 0 Å². The Bertz CT molecular complexity index is 2540. The number of ether oxygens (including phenoxy) is 1. The van der Waals surface area contributed by atoms with Crippen LogP contribution in [0.1, 0.15) is 52.3 Å². The number of aliphatic hydroxyl groups is 1. The second-order valence-electron chi connectivity index (χ2n) is 16.3. The number of aryl methyl sites for hydroxylation is 1. The molecule has 62 heavy (non-hydrogen) atoms. The molecule has 0 bridgehead atoms. The van der Waals surface area contributed by atoms with Crippen molar-refractivity contribution in [1.82, 2.24) is 15.2 Å². The molecule has 0 radical (unpaired) electrons. The number of carbonyl (C=O) groups excluding carboxylic acids is 1. The predicted molar refractivity (Wildman–Crippen MR) is 249 cm³/mol. The number of rotatable bonds is 19. The standard InChI is InChI=1S/C53H55N5O4/c54-52(61)53(41-14-6-2-7-15-41,42-16-8-3-9-17-42)43-31-34-58(36-43)33-10-13-38-18-22-44(23-19-38)56-45-24-20-39(21-25-45)30-32-55-35-48(59)46-26-28-49(51-47(46)27-29-50(60)57-51)62-37-40-11-4-1-5-12-40/h1-9,11-12,14-29,43,48,55-56,59H,10,13,30-37H2,(H2,54,61)(H,57,60). The van der Waals surface area contributed by atoms with Crippen LogP contribution in [0.4, 0.5) is 11.4 Å². The SMILES string of the molecule is NC(=O)C(c1ccccc1)(c1ccccc1)C1CCN(CCCc2ccc(Nc3ccc(CCNCC(O)c4ccc(OCc5ccccc5)c5[nH]c(=O)ccc45)cc3)cc2)C1. The summed E-state index contributed by atoms with van der Waals surface area (Å²) in [5.41, 5.74) is 14.0. The number of nitrogens with one attached hydrogen (secondary N) is 3. The fourth-order valence-corrected chi connectivity index (χ4v) is 9.07. The van der Waals surface area contributed by atoms with Crippen LogP contribution in [0.3, 0.4) is 0 Å². The first kappa shape index (κ1) is 42.2. The van der Waals surface area contributed by atoms with Gasteiger partial charge in [-0.2, -0.15) is 0 Å². The Hall–Kier alpha value is -6.52. The van der Waals surface area contributed by atoms with E-state index in [0.717, 1.165) is 84.3 Å². The number of pyridine rings is 1. The maximum atomic E-state index is 13.4. The molecule has 1 aliphatic heterocycles. The molecule has 6 N–H and O–H groups in total. The second kappa shape index (κ2) is 19.9. The lowest BCUT2D eigenvalue weighted by molar-refractivity contribution is -0.123. The molecule has 1 aromatic heterocycles. The normalized spacial score (nSPS) is 14.8. The Morgan fingerprint density at radius 1 is 0.758 bits per heavy atom. The monoisotopic (exact) mass is 825 g/mol. The van der Waals surface area contributed by atoms with Gasteiger partial charge in [0.15, 0.2) is 0 Å². The van der Waals surface area contributed by atoms with Crippen LogP contribution < -0.4 is 26.7 Å². The Morgan fingerprint density at radius 2 is 1.37 bits per heavy atom. The molecular weight excluding hydrogens is 771 g/mol. The van der Waals surface area contributed by atoms with Crippen molar-refractivity contribution in [3.05, 3.63) is 208 Å². The summed E-state index contributed by atoms with van der Waals surface area (Å²) in [6, 6.07) is 54.0. The van der Waals surface area contributed by atoms with Crippen LogP contribution in [0.15, 0.2) is 169 Å². The highest BCUT2D eigenvalue weighted by Gasteiger charge is 2.49. The number of aromatic amines is 1. The zero-order valence-electron chi connectivity index (χ0n) is 35.0. The minimum Gasteiger partial charge on any atom is -0.487 e. The van der Waals surface area contributed by atoms with Gasteiger partial charge in [-0.1, -0.05) is 121 Å². The number of carbonyl (C=O) groups is 1. The average Bonchev–Trinajstić information content (AvgIpc) is 3.78. The number of hydrogen-bond donors (Lipinski definition) is 5. The van der Waals surface area contributed by atoms with Crippen molar-refractivity contribution in [2.75, 3.05) is 38.0 Å². The number of benzene rings is 6. The Labute approximate surface area is 363 Å². The maximum absolute atomic E-state index is 13.4. The summed E-state index contributed by atoms with van der Waals surface area (Å²) in [6.45, 7) is 4.19. The summed E-state index contributed by atoms with van der Waals surface area (Å²) in [5.74, 6) is 0.380. The van der Waals surface area contributed by atoms with E-state index < -0.39 is 11.5 Å². The van der Waals surface area contributed by atoms with Gasteiger partial charge in [-0.05, 0) is 121 Å². The number of nitrogens with two attached hydrogens (primary N) is 1. The maximum Gasteiger partial charge on any atom is 0.248 e. The van der Waals surface area contributed by atoms with E-state index >= 15 is 0 Å². The summed E-state index contributed by atoms with van der Waals surface area (Å²) in [5, 5.41) is 18.8. The van der Waals surface area contributed by atoms with E-state index in [4.69, 9.17) is 10.5 Å². The van der Waals surface area contributed by atoms with E-state index in [0.29, 0.717) is 31.0 Å². The molecular formula is C53H55N5O4. The third-order valence-corrected chi connectivity index (χ3v) is 12.3. The number of likely N-dealkylation sites (tertiary alicyclic amines) is 1. The molecule has 6 aromatic carbocycles. The van der Waals surface area contributed by atoms with Crippen molar-refractivity contribution in [2.45, 2.75) is 43.8 Å². The third-order valence-electron chi connectivity index (χ3n) is 12.3. The molecule has 1 amide bonds. The first-order chi connectivity index (χ1) is 30.4. The average molecular weight is 826 g/mol. The molecule has 1 saturated heterocycles. The molecule has 0 spiro atoms. The quantitative estimate of drug-likeness (QED) is 0.0518. The van der Waals surface area contributed by atoms with Crippen LogP contribution in [-0.2, 0) is 29.7 Å². The summed E-state index contributed by atoms with van der Waals surface area (Å²) in [6.07, 6.45) is 2.98. The van der Waals surface area contributed by atoms with Gasteiger partial charge in [0, 0.05) is 35.9 Å². The summed E-state index contributed by atoms with van der Waals surface area (Å²) < 4.78 is 6.07. The molecule has 2 atom stereocenters. The van der Waals surface area contributed by atoms with Crippen LogP contribution in [-0.4, -0.2) is 53.6 Å². The van der Waals surface area contributed by atoms with E-state index in [1.54, 1.807) is 6.07 Å². The van der Waals surface area contributed by atoms with Gasteiger partial charge < -0.3 is 36.1 Å². The van der Waals surface area contributed by atoms with E-state index in [-0.39, 0.29) is 17.4 Å². The van der Waals surface area contributed by atoms with E-state index in [1.165, 1.54) is 17.2 Å². The van der Waals surface area contributed by atoms with E-state index in [1.807, 2.05) is 103 Å². The van der Waals surface area contributed by atoms with Crippen LogP contribution in [0, 0.1) is 5.92 Å². The highest BCUT2D eigenvalue weighted by atomic mass is 16.5. The lowest BCUT2D eigenvalue weighted by Gasteiger charge is -2.37. The van der Waals surface area contributed by atoms with Crippen molar-refractivity contribution in [1.29, 1.82) is 0 Å². The Kier molecular flexibility index (Phi) is 13.5. The zero-order chi connectivity index (χ0) is 42.7. The summed E-state index contributed by atoms with van der Waals surface area (Å²) >= 11 is 0. The van der Waals surface area contributed by atoms with Gasteiger partial charge in [0.05, 0.1) is 11.6 Å². The Morgan fingerprint density at radius 3 is 2.00 bits per heavy atom. The smallest absolute Gasteiger partial charge is 0.248 e. The highest BCUT2D eigenvalue weighted by molar-refractivity contribution is 5.91. The lowest BCUT2D eigenvalue weighted by atomic mass is 9.64. The second-order valence-corrected chi connectivity index (χ2v) is 16.3. The van der Waals surface area contributed by atoms with Crippen molar-refractivity contribution < 1.29 is 14.6 Å². The lowest BCUT2D eigenvalue weighted by Crippen LogP contribution is -2.49. The number of H-pyrrole nitrogens is 1. The van der Waals surface area contributed by atoms with Gasteiger partial charge in [-0.15, -0.1) is 0 Å². The molecule has 0 aliphatic carbocycles. The molecule has 316 valence electrons.